The lowest BCUT2D eigenvalue weighted by Crippen LogP contribution is -2.24. The van der Waals surface area contributed by atoms with Crippen LogP contribution < -0.4 is 5.48 Å². The predicted molar refractivity (Wildman–Crippen MR) is 32.1 cm³/mol. The average molecular weight is 114 g/mol. The van der Waals surface area contributed by atoms with Crippen molar-refractivity contribution in [3.63, 3.8) is 0 Å². The highest BCUT2D eigenvalue weighted by Crippen LogP contribution is 1.73. The highest BCUT2D eigenvalue weighted by Gasteiger charge is 1.85. The molecule has 0 aliphatic heterocycles. The lowest BCUT2D eigenvalue weighted by molar-refractivity contribution is -0.108. The Hall–Kier alpha value is -0.345. The van der Waals surface area contributed by atoms with Gasteiger partial charge in [0.15, 0.2) is 0 Å². The molecule has 0 aliphatic carbocycles. The van der Waals surface area contributed by atoms with E-state index in [0.29, 0.717) is 0 Å². The summed E-state index contributed by atoms with van der Waals surface area (Å²) in [6.07, 6.45) is 0.725. The molecule has 0 saturated carbocycles. The Kier molecular flexibility index (Phi) is 4.60. The van der Waals surface area contributed by atoms with Crippen molar-refractivity contribution >= 4 is 13.2 Å². The van der Waals surface area contributed by atoms with Crippen LogP contribution in [0.4, 0.5) is 0 Å². The maximum absolute atomic E-state index is 9.62. The predicted octanol–water partition coefficient (Wildman–Crippen LogP) is -0.299. The first-order valence-corrected chi connectivity index (χ1v) is 2.42. The van der Waals surface area contributed by atoms with Crippen LogP contribution >= 0.6 is 0 Å². The molecule has 0 amide bonds. The molecule has 0 bridgehead atoms. The maximum atomic E-state index is 9.62. The van der Waals surface area contributed by atoms with Gasteiger partial charge < -0.3 is 16.4 Å². The van der Waals surface area contributed by atoms with Gasteiger partial charge in [-0.05, 0) is 0 Å². The Morgan fingerprint density at radius 2 is 2.62 bits per heavy atom. The van der Waals surface area contributed by atoms with Gasteiger partial charge in [-0.25, -0.2) is 5.48 Å². The third-order valence-corrected chi connectivity index (χ3v) is 0.451. The van der Waals surface area contributed by atoms with Crippen LogP contribution in [0.25, 0.3) is 0 Å². The fourth-order valence-corrected chi connectivity index (χ4v) is 0.224. The van der Waals surface area contributed by atoms with Crippen molar-refractivity contribution in [3.8, 4) is 0 Å². The Balaban J connectivity index is 2.81. The van der Waals surface area contributed by atoms with Gasteiger partial charge in [0, 0.05) is 0 Å². The Labute approximate surface area is 49.5 Å². The molecule has 1 N–H and O–H groups in total. The van der Waals surface area contributed by atoms with E-state index in [1.807, 2.05) is 0 Å². The van der Waals surface area contributed by atoms with Gasteiger partial charge in [0.05, 0.1) is 6.54 Å². The fraction of sp³-hybridized carbons (Fsp3) is 0.500. The van der Waals surface area contributed by atoms with E-state index in [0.717, 1.165) is 6.29 Å². The topological polar surface area (TPSA) is 38.3 Å². The molecule has 0 aromatic carbocycles. The molecule has 0 saturated heterocycles. The zero-order valence-electron chi connectivity index (χ0n) is 4.89. The van der Waals surface area contributed by atoms with E-state index in [4.69, 9.17) is 0 Å². The number of nitrogens with one attached hydrogen (secondary N) is 1. The summed E-state index contributed by atoms with van der Waals surface area (Å²) in [6, 6.07) is 0. The van der Waals surface area contributed by atoms with E-state index in [-0.39, 0.29) is 13.5 Å². The molecule has 0 rings (SSSR count). The Bertz CT molecular complexity index is 67.1. The monoisotopic (exact) mass is 114 g/mol. The van der Waals surface area contributed by atoms with E-state index >= 15 is 0 Å². The first-order valence-electron chi connectivity index (χ1n) is 2.42. The summed E-state index contributed by atoms with van der Waals surface area (Å²) in [5.41, 5.74) is 2.40. The van der Waals surface area contributed by atoms with Crippen molar-refractivity contribution in [2.24, 2.45) is 0 Å². The molecule has 4 heteroatoms. The molecule has 0 spiro atoms. The van der Waals surface area contributed by atoms with E-state index in [2.05, 4.69) is 17.1 Å². The Morgan fingerprint density at radius 3 is 3.00 bits per heavy atom. The molecule has 0 fully saturated rings. The fourth-order valence-electron chi connectivity index (χ4n) is 0.224. The average Bonchev–Trinajstić information content (AvgIpc) is 1.66. The van der Waals surface area contributed by atoms with Crippen LogP contribution in [-0.2, 0) is 9.55 Å². The van der Waals surface area contributed by atoms with Gasteiger partial charge in [0.25, 0.3) is 0 Å². The van der Waals surface area contributed by atoms with Gasteiger partial charge in [-0.3, -0.25) is 0 Å². The first-order chi connectivity index (χ1) is 3.77. The number of hydrogen-bond acceptors (Lipinski definition) is 3. The standard InChI is InChI=1S/C4H9BNO2/c1-5(2)8-6-3-4-7/h4,6H,1,3H2,2H3/q-1. The molecule has 8 heavy (non-hydrogen) atoms. The van der Waals surface area contributed by atoms with Crippen molar-refractivity contribution < 1.29 is 9.55 Å². The summed E-state index contributed by atoms with van der Waals surface area (Å²) < 4.78 is 4.69. The highest BCUT2D eigenvalue weighted by molar-refractivity contribution is 6.51. The van der Waals surface area contributed by atoms with Crippen molar-refractivity contribution in [2.45, 2.75) is 6.82 Å². The van der Waals surface area contributed by atoms with Crippen molar-refractivity contribution in [1.29, 1.82) is 0 Å². The van der Waals surface area contributed by atoms with Gasteiger partial charge in [-0.1, -0.05) is 6.82 Å². The number of rotatable bonds is 4. The largest absolute Gasteiger partial charge is 0.402 e. The molecular weight excluding hydrogens is 105 g/mol. The van der Waals surface area contributed by atoms with Crippen LogP contribution in [0, 0.1) is 6.82 Å². The number of hydrogen-bond donors (Lipinski definition) is 1. The molecule has 0 unspecified atom stereocenters. The molecule has 0 heterocycles. The van der Waals surface area contributed by atoms with Crippen LogP contribution in [0.15, 0.2) is 0 Å². The molecular formula is C4H9BNO2-. The van der Waals surface area contributed by atoms with Gasteiger partial charge in [-0.2, -0.15) is 0 Å². The van der Waals surface area contributed by atoms with Gasteiger partial charge in [0.2, 0.25) is 0 Å². The Morgan fingerprint density at radius 1 is 2.00 bits per heavy atom. The summed E-state index contributed by atoms with van der Waals surface area (Å²) in [5.74, 6) is 0. The molecule has 0 aromatic rings. The normalized spacial score (nSPS) is 8.75. The first kappa shape index (κ1) is 7.65. The van der Waals surface area contributed by atoms with Gasteiger partial charge >= 0.3 is 0 Å². The summed E-state index contributed by atoms with van der Waals surface area (Å²) in [6.45, 7) is 5.39. The molecule has 0 aromatic heterocycles. The molecule has 3 nitrogen and oxygen atoms in total. The van der Waals surface area contributed by atoms with Crippen LogP contribution in [0.2, 0.25) is 6.82 Å². The van der Waals surface area contributed by atoms with Crippen molar-refractivity contribution in [2.75, 3.05) is 6.54 Å². The zero-order chi connectivity index (χ0) is 6.41. The minimum absolute atomic E-state index is 0.116. The van der Waals surface area contributed by atoms with E-state index in [9.17, 15) is 4.79 Å². The number of carbonyl (C=O) groups is 1. The molecule has 0 radical (unpaired) electrons. The summed E-state index contributed by atoms with van der Waals surface area (Å²) in [4.78, 5) is 9.62. The lowest BCUT2D eigenvalue weighted by Gasteiger charge is -2.07. The van der Waals surface area contributed by atoms with Gasteiger partial charge in [0.1, 0.15) is 13.2 Å². The minimum atomic E-state index is -0.116. The maximum Gasteiger partial charge on any atom is 0.149 e. The summed E-state index contributed by atoms with van der Waals surface area (Å²) in [5, 5.41) is 0. The van der Waals surface area contributed by atoms with Crippen molar-refractivity contribution in [1.82, 2.24) is 5.48 Å². The van der Waals surface area contributed by atoms with Crippen LogP contribution in [0.3, 0.4) is 0 Å². The quantitative estimate of drug-likeness (QED) is 0.179. The third kappa shape index (κ3) is 5.65. The molecule has 0 aliphatic rings. The van der Waals surface area contributed by atoms with Crippen molar-refractivity contribution in [3.05, 3.63) is 6.82 Å². The smallest absolute Gasteiger partial charge is 0.149 e. The number of aldehydes is 1. The van der Waals surface area contributed by atoms with E-state index in [1.165, 1.54) is 0 Å². The van der Waals surface area contributed by atoms with Crippen LogP contribution in [0.1, 0.15) is 0 Å². The number of hydroxylamine groups is 1. The lowest BCUT2D eigenvalue weighted by atomic mass is 9.76. The molecule has 46 valence electrons. The third-order valence-electron chi connectivity index (χ3n) is 0.451. The van der Waals surface area contributed by atoms with E-state index < -0.39 is 0 Å². The van der Waals surface area contributed by atoms with E-state index in [1.54, 1.807) is 6.82 Å². The molecule has 0 atom stereocenters. The number of carbonyl (C=O) groups excluding carboxylic acids is 1. The zero-order valence-corrected chi connectivity index (χ0v) is 4.89. The highest BCUT2D eigenvalue weighted by atomic mass is 16.6. The SMILES string of the molecule is [CH2-]B(C)ONCC=O. The summed E-state index contributed by atoms with van der Waals surface area (Å²) >= 11 is 0. The summed E-state index contributed by atoms with van der Waals surface area (Å²) in [7, 11) is 0. The second-order valence-corrected chi connectivity index (χ2v) is 1.44. The van der Waals surface area contributed by atoms with Crippen LogP contribution in [-0.4, -0.2) is 19.7 Å². The minimum Gasteiger partial charge on any atom is -0.402 e. The van der Waals surface area contributed by atoms with Gasteiger partial charge in [-0.15, -0.1) is 0 Å². The van der Waals surface area contributed by atoms with Crippen LogP contribution in [0.5, 0.6) is 0 Å². The second kappa shape index (κ2) is 4.81. The second-order valence-electron chi connectivity index (χ2n) is 1.44.